The van der Waals surface area contributed by atoms with E-state index in [1.807, 2.05) is 0 Å². The van der Waals surface area contributed by atoms with Crippen molar-refractivity contribution in [1.82, 2.24) is 15.0 Å². The van der Waals surface area contributed by atoms with Gasteiger partial charge in [-0.2, -0.15) is 0 Å². The Bertz CT molecular complexity index is 674. The molecule has 0 saturated heterocycles. The second-order valence-corrected chi connectivity index (χ2v) is 6.94. The van der Waals surface area contributed by atoms with Crippen molar-refractivity contribution in [1.29, 1.82) is 0 Å². The van der Waals surface area contributed by atoms with Gasteiger partial charge in [0, 0.05) is 11.4 Å². The Kier molecular flexibility index (Phi) is 3.87. The van der Waals surface area contributed by atoms with Gasteiger partial charge in [-0.05, 0) is 37.2 Å². The van der Waals surface area contributed by atoms with Crippen LogP contribution in [0.3, 0.4) is 0 Å². The minimum atomic E-state index is 0.0677. The quantitative estimate of drug-likeness (QED) is 0.813. The summed E-state index contributed by atoms with van der Waals surface area (Å²) in [6, 6.07) is 0. The predicted octanol–water partition coefficient (Wildman–Crippen LogP) is 3.17. The van der Waals surface area contributed by atoms with Gasteiger partial charge in [-0.15, -0.1) is 16.4 Å². The van der Waals surface area contributed by atoms with E-state index >= 15 is 0 Å². The van der Waals surface area contributed by atoms with Crippen LogP contribution in [-0.2, 0) is 19.4 Å². The van der Waals surface area contributed by atoms with Crippen molar-refractivity contribution >= 4 is 21.6 Å². The Balaban J connectivity index is 2.01. The molecule has 20 heavy (non-hydrogen) atoms. The van der Waals surface area contributed by atoms with Gasteiger partial charge in [-0.1, -0.05) is 31.9 Å². The lowest BCUT2D eigenvalue weighted by atomic mass is 9.89. The molecule has 3 rings (SSSR count). The number of nitrogens with zero attached hydrogens (tertiary/aromatic N) is 3. The van der Waals surface area contributed by atoms with Crippen LogP contribution in [0.5, 0.6) is 0 Å². The molecule has 1 aliphatic carbocycles. The molecule has 0 aromatic carbocycles. The zero-order valence-electron chi connectivity index (χ0n) is 12.2. The maximum absolute atomic E-state index is 12.6. The summed E-state index contributed by atoms with van der Waals surface area (Å²) in [5.74, 6) is 0.718. The minimum absolute atomic E-state index is 0.0677. The third kappa shape index (κ3) is 2.39. The molecule has 5 heteroatoms. The van der Waals surface area contributed by atoms with E-state index in [2.05, 4.69) is 24.2 Å². The lowest BCUT2D eigenvalue weighted by Gasteiger charge is -2.17. The zero-order valence-corrected chi connectivity index (χ0v) is 13.0. The van der Waals surface area contributed by atoms with Crippen molar-refractivity contribution in [3.8, 4) is 0 Å². The number of unbranched alkanes of at least 4 members (excludes halogenated alkanes) is 2. The first-order valence-corrected chi connectivity index (χ1v) is 8.40. The molecule has 4 nitrogen and oxygen atoms in total. The molecular weight excluding hydrogens is 270 g/mol. The maximum atomic E-state index is 12.6. The standard InChI is InChI=1S/C15H21N3OS/c1-3-4-5-8-18-15(19)13-11-7-6-10(2)9-12(11)20-14(13)16-17-18/h10H,3-9H2,1-2H3. The van der Waals surface area contributed by atoms with Crippen molar-refractivity contribution < 1.29 is 0 Å². The molecule has 108 valence electrons. The van der Waals surface area contributed by atoms with Crippen LogP contribution in [0.2, 0.25) is 0 Å². The Morgan fingerprint density at radius 1 is 1.40 bits per heavy atom. The van der Waals surface area contributed by atoms with E-state index in [1.54, 1.807) is 16.0 Å². The fraction of sp³-hybridized carbons (Fsp3) is 0.667. The fourth-order valence-electron chi connectivity index (χ4n) is 2.95. The molecule has 2 aromatic heterocycles. The van der Waals surface area contributed by atoms with Gasteiger partial charge in [0.2, 0.25) is 0 Å². The topological polar surface area (TPSA) is 47.8 Å². The summed E-state index contributed by atoms with van der Waals surface area (Å²) in [5.41, 5.74) is 1.32. The van der Waals surface area contributed by atoms with Crippen molar-refractivity contribution in [2.45, 2.75) is 58.9 Å². The van der Waals surface area contributed by atoms with E-state index in [-0.39, 0.29) is 5.56 Å². The third-order valence-electron chi connectivity index (χ3n) is 4.16. The molecule has 0 radical (unpaired) electrons. The number of hydrogen-bond acceptors (Lipinski definition) is 4. The average molecular weight is 291 g/mol. The van der Waals surface area contributed by atoms with Crippen LogP contribution in [0.1, 0.15) is 50.0 Å². The van der Waals surface area contributed by atoms with Crippen LogP contribution in [0.4, 0.5) is 0 Å². The fourth-order valence-corrected chi connectivity index (χ4v) is 4.27. The van der Waals surface area contributed by atoms with E-state index in [0.717, 1.165) is 48.2 Å². The van der Waals surface area contributed by atoms with Gasteiger partial charge in [-0.25, -0.2) is 4.68 Å². The summed E-state index contributed by atoms with van der Waals surface area (Å²) in [5, 5.41) is 9.24. The molecule has 2 aromatic rings. The van der Waals surface area contributed by atoms with Crippen LogP contribution in [0, 0.1) is 5.92 Å². The van der Waals surface area contributed by atoms with Gasteiger partial charge in [0.15, 0.2) is 4.83 Å². The molecule has 0 N–H and O–H groups in total. The summed E-state index contributed by atoms with van der Waals surface area (Å²) in [7, 11) is 0. The first-order chi connectivity index (χ1) is 9.70. The highest BCUT2D eigenvalue weighted by Crippen LogP contribution is 2.35. The van der Waals surface area contributed by atoms with E-state index in [9.17, 15) is 4.79 Å². The van der Waals surface area contributed by atoms with Gasteiger partial charge >= 0.3 is 0 Å². The van der Waals surface area contributed by atoms with Gasteiger partial charge in [-0.3, -0.25) is 4.79 Å². The molecule has 1 aliphatic rings. The van der Waals surface area contributed by atoms with Gasteiger partial charge in [0.25, 0.3) is 5.56 Å². The lowest BCUT2D eigenvalue weighted by molar-refractivity contribution is 0.503. The van der Waals surface area contributed by atoms with E-state index in [1.165, 1.54) is 16.9 Å². The van der Waals surface area contributed by atoms with Crippen molar-refractivity contribution in [3.63, 3.8) is 0 Å². The van der Waals surface area contributed by atoms with Crippen LogP contribution in [-0.4, -0.2) is 15.0 Å². The van der Waals surface area contributed by atoms with Crippen LogP contribution >= 0.6 is 11.3 Å². The summed E-state index contributed by atoms with van der Waals surface area (Å²) >= 11 is 1.67. The monoisotopic (exact) mass is 291 g/mol. The first-order valence-electron chi connectivity index (χ1n) is 7.58. The van der Waals surface area contributed by atoms with Crippen LogP contribution < -0.4 is 5.56 Å². The van der Waals surface area contributed by atoms with Gasteiger partial charge in [0.05, 0.1) is 5.39 Å². The number of hydrogen-bond donors (Lipinski definition) is 0. The summed E-state index contributed by atoms with van der Waals surface area (Å²) in [6.45, 7) is 5.13. The number of fused-ring (bicyclic) bond motifs is 3. The number of thiophene rings is 1. The maximum Gasteiger partial charge on any atom is 0.278 e. The number of aryl methyl sites for hydroxylation is 2. The van der Waals surface area contributed by atoms with Crippen LogP contribution in [0.15, 0.2) is 4.79 Å². The van der Waals surface area contributed by atoms with Crippen molar-refractivity contribution in [2.75, 3.05) is 0 Å². The largest absolute Gasteiger partial charge is 0.278 e. The molecule has 0 amide bonds. The molecule has 1 unspecified atom stereocenters. The predicted molar refractivity (Wildman–Crippen MR) is 82.4 cm³/mol. The molecular formula is C15H21N3OS. The highest BCUT2D eigenvalue weighted by Gasteiger charge is 2.23. The second kappa shape index (κ2) is 5.64. The molecule has 0 fully saturated rings. The molecule has 0 aliphatic heterocycles. The number of rotatable bonds is 4. The normalized spacial score (nSPS) is 18.4. The van der Waals surface area contributed by atoms with Crippen molar-refractivity contribution in [3.05, 3.63) is 20.8 Å². The zero-order chi connectivity index (χ0) is 14.1. The molecule has 2 heterocycles. The van der Waals surface area contributed by atoms with Crippen LogP contribution in [0.25, 0.3) is 10.2 Å². The SMILES string of the molecule is CCCCCn1nnc2sc3c(c2c1=O)CCC(C)C3. The molecule has 0 saturated carbocycles. The van der Waals surface area contributed by atoms with Gasteiger partial charge in [0.1, 0.15) is 0 Å². The van der Waals surface area contributed by atoms with E-state index < -0.39 is 0 Å². The Morgan fingerprint density at radius 3 is 3.05 bits per heavy atom. The Hall–Kier alpha value is -1.23. The summed E-state index contributed by atoms with van der Waals surface area (Å²) in [6.07, 6.45) is 6.57. The highest BCUT2D eigenvalue weighted by atomic mass is 32.1. The molecule has 0 spiro atoms. The minimum Gasteiger partial charge on any atom is -0.267 e. The Morgan fingerprint density at radius 2 is 2.25 bits per heavy atom. The summed E-state index contributed by atoms with van der Waals surface area (Å²) in [4.78, 5) is 14.8. The summed E-state index contributed by atoms with van der Waals surface area (Å²) < 4.78 is 1.56. The van der Waals surface area contributed by atoms with E-state index in [4.69, 9.17) is 0 Å². The van der Waals surface area contributed by atoms with E-state index in [0.29, 0.717) is 6.54 Å². The smallest absolute Gasteiger partial charge is 0.267 e. The Labute approximate surface area is 122 Å². The molecule has 1 atom stereocenters. The third-order valence-corrected chi connectivity index (χ3v) is 5.30. The first kappa shape index (κ1) is 13.7. The average Bonchev–Trinajstić information content (AvgIpc) is 2.79. The number of aromatic nitrogens is 3. The van der Waals surface area contributed by atoms with Crippen molar-refractivity contribution in [2.24, 2.45) is 5.92 Å². The van der Waals surface area contributed by atoms with Gasteiger partial charge < -0.3 is 0 Å². The second-order valence-electron chi connectivity index (χ2n) is 5.86. The molecule has 0 bridgehead atoms. The lowest BCUT2D eigenvalue weighted by Crippen LogP contribution is -2.25. The highest BCUT2D eigenvalue weighted by molar-refractivity contribution is 7.18.